The number of aromatic nitrogens is 3. The Morgan fingerprint density at radius 3 is 2.88 bits per heavy atom. The van der Waals surface area contributed by atoms with Gasteiger partial charge in [0.1, 0.15) is 5.75 Å². The number of rotatable bonds is 4. The van der Waals surface area contributed by atoms with Crippen LogP contribution in [0, 0.1) is 0 Å². The molecule has 4 rings (SSSR count). The van der Waals surface area contributed by atoms with Gasteiger partial charge in [-0.1, -0.05) is 18.2 Å². The SMILES string of the molecule is COc1ccc(N)cc1Nc1nccc(-c2c[nH]c3ccccc23)n1. The standard InChI is InChI=1S/C19H17N5O/c1-25-18-7-6-12(20)10-17(18)24-19-21-9-8-16(23-19)14-11-22-15-5-3-2-4-13(14)15/h2-11,22H,20H2,1H3,(H,21,23,24). The van der Waals surface area contributed by atoms with E-state index in [-0.39, 0.29) is 0 Å². The fourth-order valence-corrected chi connectivity index (χ4v) is 2.80. The molecule has 25 heavy (non-hydrogen) atoms. The molecule has 0 spiro atoms. The normalized spacial score (nSPS) is 10.8. The first-order chi connectivity index (χ1) is 12.2. The van der Waals surface area contributed by atoms with Gasteiger partial charge in [0.2, 0.25) is 5.95 Å². The van der Waals surface area contributed by atoms with Crippen LogP contribution >= 0.6 is 0 Å². The maximum Gasteiger partial charge on any atom is 0.227 e. The molecule has 0 amide bonds. The molecule has 0 saturated heterocycles. The van der Waals surface area contributed by atoms with E-state index in [0.29, 0.717) is 17.4 Å². The zero-order valence-electron chi connectivity index (χ0n) is 13.7. The van der Waals surface area contributed by atoms with Crippen LogP contribution in [0.5, 0.6) is 5.75 Å². The van der Waals surface area contributed by atoms with Crippen molar-refractivity contribution in [3.05, 3.63) is 60.9 Å². The molecule has 4 aromatic rings. The van der Waals surface area contributed by atoms with Crippen LogP contribution in [0.15, 0.2) is 60.9 Å². The van der Waals surface area contributed by atoms with Gasteiger partial charge in [-0.25, -0.2) is 9.97 Å². The van der Waals surface area contributed by atoms with Crippen LogP contribution in [0.1, 0.15) is 0 Å². The number of hydrogen-bond donors (Lipinski definition) is 3. The molecule has 4 N–H and O–H groups in total. The smallest absolute Gasteiger partial charge is 0.227 e. The van der Waals surface area contributed by atoms with Crippen LogP contribution in [0.3, 0.4) is 0 Å². The van der Waals surface area contributed by atoms with Gasteiger partial charge in [0.05, 0.1) is 18.5 Å². The summed E-state index contributed by atoms with van der Waals surface area (Å²) in [6, 6.07) is 15.4. The Bertz CT molecular complexity index is 1040. The third-order valence-corrected chi connectivity index (χ3v) is 3.99. The summed E-state index contributed by atoms with van der Waals surface area (Å²) in [6.07, 6.45) is 3.68. The maximum absolute atomic E-state index is 5.86. The predicted molar refractivity (Wildman–Crippen MR) is 100 cm³/mol. The minimum Gasteiger partial charge on any atom is -0.495 e. The fraction of sp³-hybridized carbons (Fsp3) is 0.0526. The van der Waals surface area contributed by atoms with E-state index in [1.165, 1.54) is 0 Å². The van der Waals surface area contributed by atoms with Crippen molar-refractivity contribution in [3.8, 4) is 17.0 Å². The van der Waals surface area contributed by atoms with Crippen LogP contribution in [0.2, 0.25) is 0 Å². The Labute approximate surface area is 144 Å². The number of nitrogens with zero attached hydrogens (tertiary/aromatic N) is 2. The first-order valence-corrected chi connectivity index (χ1v) is 7.84. The monoisotopic (exact) mass is 331 g/mol. The van der Waals surface area contributed by atoms with E-state index in [4.69, 9.17) is 10.5 Å². The van der Waals surface area contributed by atoms with Gasteiger partial charge in [-0.2, -0.15) is 0 Å². The first-order valence-electron chi connectivity index (χ1n) is 7.84. The van der Waals surface area contributed by atoms with Crippen LogP contribution in [0.4, 0.5) is 17.3 Å². The Hall–Kier alpha value is -3.54. The molecule has 0 bridgehead atoms. The summed E-state index contributed by atoms with van der Waals surface area (Å²) < 4.78 is 5.35. The summed E-state index contributed by atoms with van der Waals surface area (Å²) in [5, 5.41) is 4.30. The summed E-state index contributed by atoms with van der Waals surface area (Å²) >= 11 is 0. The lowest BCUT2D eigenvalue weighted by Crippen LogP contribution is -2.00. The highest BCUT2D eigenvalue weighted by Gasteiger charge is 2.10. The van der Waals surface area contributed by atoms with Crippen molar-refractivity contribution in [2.45, 2.75) is 0 Å². The van der Waals surface area contributed by atoms with Crippen molar-refractivity contribution in [1.82, 2.24) is 15.0 Å². The highest BCUT2D eigenvalue weighted by molar-refractivity contribution is 5.94. The van der Waals surface area contributed by atoms with Crippen molar-refractivity contribution < 1.29 is 4.74 Å². The quantitative estimate of drug-likeness (QED) is 0.493. The Morgan fingerprint density at radius 1 is 1.12 bits per heavy atom. The second-order valence-corrected chi connectivity index (χ2v) is 5.60. The molecular weight excluding hydrogens is 314 g/mol. The molecule has 6 heteroatoms. The average Bonchev–Trinajstić information content (AvgIpc) is 3.06. The van der Waals surface area contributed by atoms with E-state index in [9.17, 15) is 0 Å². The Balaban J connectivity index is 1.72. The number of H-pyrrole nitrogens is 1. The molecule has 124 valence electrons. The molecule has 0 radical (unpaired) electrons. The summed E-state index contributed by atoms with van der Waals surface area (Å²) in [6.45, 7) is 0. The number of nitrogens with one attached hydrogen (secondary N) is 2. The third-order valence-electron chi connectivity index (χ3n) is 3.99. The number of nitrogens with two attached hydrogens (primary N) is 1. The Kier molecular flexibility index (Phi) is 3.70. The van der Waals surface area contributed by atoms with Crippen LogP contribution in [-0.4, -0.2) is 22.1 Å². The summed E-state index contributed by atoms with van der Waals surface area (Å²) in [7, 11) is 1.61. The van der Waals surface area contributed by atoms with Crippen LogP contribution in [0.25, 0.3) is 22.2 Å². The number of fused-ring (bicyclic) bond motifs is 1. The molecule has 0 aliphatic rings. The third kappa shape index (κ3) is 2.85. The zero-order chi connectivity index (χ0) is 17.2. The molecule has 0 unspecified atom stereocenters. The highest BCUT2D eigenvalue weighted by Crippen LogP contribution is 2.30. The lowest BCUT2D eigenvalue weighted by atomic mass is 10.1. The van der Waals surface area contributed by atoms with E-state index in [1.54, 1.807) is 31.5 Å². The van der Waals surface area contributed by atoms with Crippen molar-refractivity contribution in [2.24, 2.45) is 0 Å². The van der Waals surface area contributed by atoms with Gasteiger partial charge >= 0.3 is 0 Å². The van der Waals surface area contributed by atoms with E-state index in [0.717, 1.165) is 27.8 Å². The lowest BCUT2D eigenvalue weighted by molar-refractivity contribution is 0.417. The number of benzene rings is 2. The van der Waals surface area contributed by atoms with Gasteiger partial charge in [0, 0.05) is 34.5 Å². The highest BCUT2D eigenvalue weighted by atomic mass is 16.5. The second kappa shape index (κ2) is 6.16. The van der Waals surface area contributed by atoms with E-state index in [2.05, 4.69) is 26.3 Å². The predicted octanol–water partition coefficient (Wildman–Crippen LogP) is 3.96. The van der Waals surface area contributed by atoms with Gasteiger partial charge < -0.3 is 20.8 Å². The number of anilines is 3. The van der Waals surface area contributed by atoms with Crippen LogP contribution in [-0.2, 0) is 0 Å². The largest absolute Gasteiger partial charge is 0.495 e. The molecule has 6 nitrogen and oxygen atoms in total. The molecule has 0 aliphatic carbocycles. The number of hydrogen-bond acceptors (Lipinski definition) is 5. The summed E-state index contributed by atoms with van der Waals surface area (Å²) in [5.41, 5.74) is 10.2. The summed E-state index contributed by atoms with van der Waals surface area (Å²) in [4.78, 5) is 12.2. The average molecular weight is 331 g/mol. The van der Waals surface area contributed by atoms with Crippen LogP contribution < -0.4 is 15.8 Å². The molecule has 0 fully saturated rings. The lowest BCUT2D eigenvalue weighted by Gasteiger charge is -2.11. The van der Waals surface area contributed by atoms with Gasteiger partial charge in [0.25, 0.3) is 0 Å². The number of para-hydroxylation sites is 1. The van der Waals surface area contributed by atoms with Gasteiger partial charge in [-0.3, -0.25) is 0 Å². The molecule has 2 aromatic carbocycles. The van der Waals surface area contributed by atoms with E-state index < -0.39 is 0 Å². The van der Waals surface area contributed by atoms with Gasteiger partial charge in [-0.15, -0.1) is 0 Å². The number of nitrogen functional groups attached to an aromatic ring is 1. The molecule has 0 saturated carbocycles. The van der Waals surface area contributed by atoms with Crippen molar-refractivity contribution in [2.75, 3.05) is 18.2 Å². The maximum atomic E-state index is 5.86. The fourth-order valence-electron chi connectivity index (χ4n) is 2.80. The minimum atomic E-state index is 0.478. The van der Waals surface area contributed by atoms with Gasteiger partial charge in [0.15, 0.2) is 0 Å². The minimum absolute atomic E-state index is 0.478. The van der Waals surface area contributed by atoms with Crippen molar-refractivity contribution >= 4 is 28.2 Å². The topological polar surface area (TPSA) is 88.9 Å². The molecule has 2 heterocycles. The van der Waals surface area contributed by atoms with Crippen molar-refractivity contribution in [1.29, 1.82) is 0 Å². The number of methoxy groups -OCH3 is 1. The van der Waals surface area contributed by atoms with E-state index >= 15 is 0 Å². The second-order valence-electron chi connectivity index (χ2n) is 5.60. The first kappa shape index (κ1) is 15.0. The molecule has 2 aromatic heterocycles. The zero-order valence-corrected chi connectivity index (χ0v) is 13.7. The summed E-state index contributed by atoms with van der Waals surface area (Å²) in [5.74, 6) is 1.15. The van der Waals surface area contributed by atoms with Crippen molar-refractivity contribution in [3.63, 3.8) is 0 Å². The van der Waals surface area contributed by atoms with Gasteiger partial charge in [-0.05, 0) is 30.3 Å². The molecular formula is C19H17N5O. The van der Waals surface area contributed by atoms with E-state index in [1.807, 2.05) is 30.5 Å². The number of aromatic amines is 1. The number of ether oxygens (including phenoxy) is 1. The Morgan fingerprint density at radius 2 is 2.00 bits per heavy atom. The molecule has 0 aliphatic heterocycles. The molecule has 0 atom stereocenters.